The molecule has 0 bridgehead atoms. The van der Waals surface area contributed by atoms with E-state index in [1.165, 1.54) is 0 Å². The molecule has 0 radical (unpaired) electrons. The molecular formula is C13H18FNO5S. The second-order valence-corrected chi connectivity index (χ2v) is 5.97. The normalized spacial score (nSPS) is 11.4. The minimum atomic E-state index is -3.99. The van der Waals surface area contributed by atoms with E-state index in [0.717, 1.165) is 25.3 Å². The van der Waals surface area contributed by atoms with Crippen molar-refractivity contribution < 1.29 is 27.1 Å². The zero-order valence-electron chi connectivity index (χ0n) is 11.9. The number of esters is 1. The Morgan fingerprint density at radius 1 is 1.29 bits per heavy atom. The monoisotopic (exact) mass is 319 g/mol. The van der Waals surface area contributed by atoms with Gasteiger partial charge in [0.2, 0.25) is 10.0 Å². The maximum Gasteiger partial charge on any atom is 0.339 e. The Labute approximate surface area is 123 Å². The molecule has 0 fully saturated rings. The maximum absolute atomic E-state index is 13.3. The highest BCUT2D eigenvalue weighted by atomic mass is 32.2. The maximum atomic E-state index is 13.3. The van der Waals surface area contributed by atoms with Crippen molar-refractivity contribution in [2.24, 2.45) is 0 Å². The van der Waals surface area contributed by atoms with Crippen LogP contribution < -0.4 is 4.72 Å². The molecule has 0 saturated carbocycles. The number of hydrogen-bond acceptors (Lipinski definition) is 5. The average molecular weight is 319 g/mol. The zero-order chi connectivity index (χ0) is 15.9. The molecule has 8 heteroatoms. The molecule has 0 aliphatic heterocycles. The van der Waals surface area contributed by atoms with Crippen LogP contribution in [0.5, 0.6) is 0 Å². The first-order valence-corrected chi connectivity index (χ1v) is 7.77. The van der Waals surface area contributed by atoms with Gasteiger partial charge in [-0.1, -0.05) is 0 Å². The van der Waals surface area contributed by atoms with Gasteiger partial charge >= 0.3 is 5.97 Å². The van der Waals surface area contributed by atoms with Gasteiger partial charge < -0.3 is 9.47 Å². The number of carbonyl (C=O) groups is 1. The highest BCUT2D eigenvalue weighted by molar-refractivity contribution is 7.89. The van der Waals surface area contributed by atoms with Crippen LogP contribution in [0, 0.1) is 5.82 Å². The van der Waals surface area contributed by atoms with E-state index in [9.17, 15) is 17.6 Å². The second kappa shape index (κ2) is 8.06. The lowest BCUT2D eigenvalue weighted by molar-refractivity contribution is 0.0596. The molecule has 21 heavy (non-hydrogen) atoms. The van der Waals surface area contributed by atoms with Gasteiger partial charge in [-0.05, 0) is 31.0 Å². The lowest BCUT2D eigenvalue weighted by Crippen LogP contribution is -2.27. The SMILES string of the molecule is COCCCCNS(=O)(=O)c1cc(F)ccc1C(=O)OC. The predicted octanol–water partition coefficient (Wildman–Crippen LogP) is 1.32. The lowest BCUT2D eigenvalue weighted by atomic mass is 10.2. The molecule has 0 amide bonds. The first kappa shape index (κ1) is 17.5. The first-order chi connectivity index (χ1) is 9.92. The smallest absolute Gasteiger partial charge is 0.339 e. The summed E-state index contributed by atoms with van der Waals surface area (Å²) >= 11 is 0. The zero-order valence-corrected chi connectivity index (χ0v) is 12.7. The molecule has 1 aromatic carbocycles. The quantitative estimate of drug-likeness (QED) is 0.577. The fraction of sp³-hybridized carbons (Fsp3) is 0.462. The Kier molecular flexibility index (Phi) is 6.73. The molecule has 6 nitrogen and oxygen atoms in total. The van der Waals surface area contributed by atoms with Crippen molar-refractivity contribution in [2.45, 2.75) is 17.7 Å². The van der Waals surface area contributed by atoms with Crippen LogP contribution in [0.1, 0.15) is 23.2 Å². The van der Waals surface area contributed by atoms with E-state index >= 15 is 0 Å². The van der Waals surface area contributed by atoms with E-state index in [1.54, 1.807) is 7.11 Å². The molecule has 1 rings (SSSR count). The van der Waals surface area contributed by atoms with Crippen LogP contribution in [0.2, 0.25) is 0 Å². The molecule has 1 aromatic rings. The third kappa shape index (κ3) is 5.07. The van der Waals surface area contributed by atoms with E-state index in [-0.39, 0.29) is 12.1 Å². The van der Waals surface area contributed by atoms with Gasteiger partial charge in [0.15, 0.2) is 0 Å². The van der Waals surface area contributed by atoms with Gasteiger partial charge in [-0.15, -0.1) is 0 Å². The standard InChI is InChI=1S/C13H18FNO5S/c1-19-8-4-3-7-15-21(17,18)12-9-10(14)5-6-11(12)13(16)20-2/h5-6,9,15H,3-4,7-8H2,1-2H3. The fourth-order valence-electron chi connectivity index (χ4n) is 1.65. The summed E-state index contributed by atoms with van der Waals surface area (Å²) in [5.74, 6) is -1.59. The van der Waals surface area contributed by atoms with Crippen LogP contribution in [0.4, 0.5) is 4.39 Å². The molecule has 1 N–H and O–H groups in total. The molecule has 0 aliphatic carbocycles. The highest BCUT2D eigenvalue weighted by Crippen LogP contribution is 2.18. The minimum absolute atomic E-state index is 0.169. The third-order valence-electron chi connectivity index (χ3n) is 2.71. The van der Waals surface area contributed by atoms with Gasteiger partial charge in [0, 0.05) is 20.3 Å². The number of unbranched alkanes of at least 4 members (excludes halogenated alkanes) is 1. The van der Waals surface area contributed by atoms with Gasteiger partial charge in [0.1, 0.15) is 5.82 Å². The number of methoxy groups -OCH3 is 2. The Bertz CT molecular complexity index is 588. The van der Waals surface area contributed by atoms with Gasteiger partial charge in [0.05, 0.1) is 17.6 Å². The van der Waals surface area contributed by atoms with E-state index in [0.29, 0.717) is 19.4 Å². The van der Waals surface area contributed by atoms with Crippen molar-refractivity contribution in [3.63, 3.8) is 0 Å². The summed E-state index contributed by atoms with van der Waals surface area (Å²) < 4.78 is 49.2. The van der Waals surface area contributed by atoms with E-state index in [1.807, 2.05) is 0 Å². The van der Waals surface area contributed by atoms with Crippen molar-refractivity contribution in [1.82, 2.24) is 4.72 Å². The number of ether oxygens (including phenoxy) is 2. The summed E-state index contributed by atoms with van der Waals surface area (Å²) in [7, 11) is -1.31. The molecule has 0 spiro atoms. The molecule has 0 heterocycles. The number of benzene rings is 1. The van der Waals surface area contributed by atoms with Crippen LogP contribution in [0.15, 0.2) is 23.1 Å². The van der Waals surface area contributed by atoms with Crippen molar-refractivity contribution >= 4 is 16.0 Å². The van der Waals surface area contributed by atoms with Crippen molar-refractivity contribution in [1.29, 1.82) is 0 Å². The second-order valence-electron chi connectivity index (χ2n) is 4.23. The Balaban J connectivity index is 2.91. The topological polar surface area (TPSA) is 81.7 Å². The fourth-order valence-corrected chi connectivity index (χ4v) is 2.93. The Hall–Kier alpha value is -1.51. The molecular weight excluding hydrogens is 301 g/mol. The van der Waals surface area contributed by atoms with E-state index < -0.39 is 26.7 Å². The number of carbonyl (C=O) groups excluding carboxylic acids is 1. The molecule has 118 valence electrons. The van der Waals surface area contributed by atoms with Gasteiger partial charge in [-0.25, -0.2) is 22.3 Å². The summed E-state index contributed by atoms with van der Waals surface area (Å²) in [5.41, 5.74) is -0.205. The average Bonchev–Trinajstić information content (AvgIpc) is 2.46. The van der Waals surface area contributed by atoms with Crippen LogP contribution >= 0.6 is 0 Å². The molecule has 0 atom stereocenters. The van der Waals surface area contributed by atoms with Crippen LogP contribution in [0.25, 0.3) is 0 Å². The number of halogens is 1. The third-order valence-corrected chi connectivity index (χ3v) is 4.21. The van der Waals surface area contributed by atoms with Crippen molar-refractivity contribution in [2.75, 3.05) is 27.4 Å². The Morgan fingerprint density at radius 2 is 2.00 bits per heavy atom. The van der Waals surface area contributed by atoms with Gasteiger partial charge in [0.25, 0.3) is 0 Å². The lowest BCUT2D eigenvalue weighted by Gasteiger charge is -2.10. The van der Waals surface area contributed by atoms with E-state index in [2.05, 4.69) is 9.46 Å². The molecule has 0 unspecified atom stereocenters. The van der Waals surface area contributed by atoms with Crippen LogP contribution in [0.3, 0.4) is 0 Å². The Morgan fingerprint density at radius 3 is 2.62 bits per heavy atom. The minimum Gasteiger partial charge on any atom is -0.465 e. The summed E-state index contributed by atoms with van der Waals surface area (Å²) in [6, 6.07) is 2.88. The summed E-state index contributed by atoms with van der Waals surface area (Å²) in [6.45, 7) is 0.692. The van der Waals surface area contributed by atoms with Crippen LogP contribution in [-0.4, -0.2) is 41.8 Å². The molecule has 0 aromatic heterocycles. The molecule has 0 aliphatic rings. The summed E-state index contributed by atoms with van der Waals surface area (Å²) in [6.07, 6.45) is 1.25. The van der Waals surface area contributed by atoms with Gasteiger partial charge in [-0.3, -0.25) is 0 Å². The number of rotatable bonds is 8. The molecule has 0 saturated heterocycles. The number of nitrogens with one attached hydrogen (secondary N) is 1. The first-order valence-electron chi connectivity index (χ1n) is 6.29. The predicted molar refractivity (Wildman–Crippen MR) is 74.0 cm³/mol. The number of hydrogen-bond donors (Lipinski definition) is 1. The highest BCUT2D eigenvalue weighted by Gasteiger charge is 2.23. The van der Waals surface area contributed by atoms with Crippen molar-refractivity contribution in [3.8, 4) is 0 Å². The summed E-state index contributed by atoms with van der Waals surface area (Å²) in [5, 5.41) is 0. The largest absolute Gasteiger partial charge is 0.465 e. The van der Waals surface area contributed by atoms with E-state index in [4.69, 9.17) is 4.74 Å². The number of sulfonamides is 1. The summed E-state index contributed by atoms with van der Waals surface area (Å²) in [4.78, 5) is 11.1. The van der Waals surface area contributed by atoms with Gasteiger partial charge in [-0.2, -0.15) is 0 Å². The van der Waals surface area contributed by atoms with Crippen LogP contribution in [-0.2, 0) is 19.5 Å². The van der Waals surface area contributed by atoms with Crippen molar-refractivity contribution in [3.05, 3.63) is 29.6 Å².